The van der Waals surface area contributed by atoms with Crippen LogP contribution in [0.1, 0.15) is 24.0 Å². The minimum atomic E-state index is -0.389. The molecular weight excluding hydrogens is 242 g/mol. The molecule has 100 valence electrons. The van der Waals surface area contributed by atoms with Crippen molar-refractivity contribution in [2.24, 2.45) is 0 Å². The Morgan fingerprint density at radius 2 is 2.21 bits per heavy atom. The molecule has 1 fully saturated rings. The fourth-order valence-corrected chi connectivity index (χ4v) is 2.66. The van der Waals surface area contributed by atoms with Gasteiger partial charge < -0.3 is 16.0 Å². The van der Waals surface area contributed by atoms with E-state index in [1.54, 1.807) is 0 Å². The summed E-state index contributed by atoms with van der Waals surface area (Å²) >= 11 is 0. The van der Waals surface area contributed by atoms with Gasteiger partial charge in [-0.2, -0.15) is 0 Å². The van der Waals surface area contributed by atoms with Crippen molar-refractivity contribution in [1.82, 2.24) is 10.6 Å². The van der Waals surface area contributed by atoms with Gasteiger partial charge in [-0.05, 0) is 36.6 Å². The van der Waals surface area contributed by atoms with Crippen LogP contribution in [0.4, 0.5) is 5.69 Å². The van der Waals surface area contributed by atoms with Crippen LogP contribution in [-0.4, -0.2) is 24.4 Å². The molecule has 2 aliphatic rings. The summed E-state index contributed by atoms with van der Waals surface area (Å²) in [7, 11) is 0. The third kappa shape index (κ3) is 2.46. The molecule has 2 amide bonds. The topological polar surface area (TPSA) is 70.2 Å². The molecule has 0 aromatic heterocycles. The molecule has 5 nitrogen and oxygen atoms in total. The van der Waals surface area contributed by atoms with Crippen molar-refractivity contribution in [1.29, 1.82) is 0 Å². The Labute approximate surface area is 111 Å². The molecule has 3 rings (SSSR count). The van der Waals surface area contributed by atoms with E-state index in [9.17, 15) is 9.59 Å². The average Bonchev–Trinajstić information content (AvgIpc) is 2.86. The van der Waals surface area contributed by atoms with Gasteiger partial charge in [-0.1, -0.05) is 12.1 Å². The van der Waals surface area contributed by atoms with Crippen LogP contribution in [0.15, 0.2) is 18.2 Å². The van der Waals surface area contributed by atoms with Gasteiger partial charge in [0.1, 0.15) is 6.04 Å². The number of fused-ring (bicyclic) bond motifs is 1. The molecule has 1 atom stereocenters. The summed E-state index contributed by atoms with van der Waals surface area (Å²) < 4.78 is 0. The third-order valence-corrected chi connectivity index (χ3v) is 3.72. The van der Waals surface area contributed by atoms with Gasteiger partial charge in [-0.25, -0.2) is 0 Å². The normalized spacial score (nSPS) is 21.7. The van der Waals surface area contributed by atoms with Crippen LogP contribution >= 0.6 is 0 Å². The van der Waals surface area contributed by atoms with Crippen molar-refractivity contribution in [2.45, 2.75) is 31.8 Å². The molecule has 19 heavy (non-hydrogen) atoms. The van der Waals surface area contributed by atoms with Gasteiger partial charge in [0.05, 0.1) is 0 Å². The van der Waals surface area contributed by atoms with Crippen molar-refractivity contribution >= 4 is 17.5 Å². The number of amides is 2. The fourth-order valence-electron chi connectivity index (χ4n) is 2.66. The molecule has 2 heterocycles. The number of rotatable bonds is 2. The van der Waals surface area contributed by atoms with Crippen LogP contribution in [0.5, 0.6) is 0 Å². The van der Waals surface area contributed by atoms with Crippen molar-refractivity contribution in [3.63, 3.8) is 0 Å². The number of carbonyl (C=O) groups is 2. The maximum absolute atomic E-state index is 12.1. The highest BCUT2D eigenvalue weighted by Gasteiger charge is 2.27. The lowest BCUT2D eigenvalue weighted by Crippen LogP contribution is -2.37. The summed E-state index contributed by atoms with van der Waals surface area (Å²) in [6.45, 7) is 1.76. The summed E-state index contributed by atoms with van der Waals surface area (Å²) in [5, 5.41) is 8.94. The van der Waals surface area contributed by atoms with E-state index in [1.165, 1.54) is 5.56 Å². The zero-order valence-electron chi connectivity index (χ0n) is 10.7. The molecular formula is C14H17N3O2. The van der Waals surface area contributed by atoms with Crippen LogP contribution in [-0.2, 0) is 22.6 Å². The number of hydrogen-bond donors (Lipinski definition) is 3. The quantitative estimate of drug-likeness (QED) is 0.726. The first-order chi connectivity index (χ1) is 9.24. The Bertz CT molecular complexity index is 527. The Morgan fingerprint density at radius 3 is 3.00 bits per heavy atom. The third-order valence-electron chi connectivity index (χ3n) is 3.72. The molecule has 5 heteroatoms. The summed E-state index contributed by atoms with van der Waals surface area (Å²) in [4.78, 5) is 23.2. The van der Waals surface area contributed by atoms with Gasteiger partial charge >= 0.3 is 0 Å². The van der Waals surface area contributed by atoms with Crippen molar-refractivity contribution in [2.75, 3.05) is 11.9 Å². The van der Waals surface area contributed by atoms with Crippen LogP contribution in [0.3, 0.4) is 0 Å². The number of hydrogen-bond acceptors (Lipinski definition) is 3. The van der Waals surface area contributed by atoms with Crippen LogP contribution in [0, 0.1) is 0 Å². The number of anilines is 1. The molecule has 2 aliphatic heterocycles. The SMILES string of the molecule is O=C1CC[C@@H](C(=O)Nc2cccc3c2CNCC3)N1. The van der Waals surface area contributed by atoms with E-state index in [-0.39, 0.29) is 17.9 Å². The van der Waals surface area contributed by atoms with Gasteiger partial charge in [0, 0.05) is 18.7 Å². The predicted molar refractivity (Wildman–Crippen MR) is 71.6 cm³/mol. The molecule has 1 aromatic rings. The van der Waals surface area contributed by atoms with Crippen molar-refractivity contribution in [3.05, 3.63) is 29.3 Å². The average molecular weight is 259 g/mol. The first-order valence-electron chi connectivity index (χ1n) is 6.66. The zero-order valence-corrected chi connectivity index (χ0v) is 10.7. The van der Waals surface area contributed by atoms with Gasteiger partial charge in [-0.15, -0.1) is 0 Å². The lowest BCUT2D eigenvalue weighted by molar-refractivity contribution is -0.122. The number of nitrogens with one attached hydrogen (secondary N) is 3. The highest BCUT2D eigenvalue weighted by atomic mass is 16.2. The standard InChI is InChI=1S/C14H17N3O2/c18-13-5-4-12(16-13)14(19)17-11-3-1-2-9-6-7-15-8-10(9)11/h1-3,12,15H,4-8H2,(H,16,18)(H,17,19)/t12-/m0/s1. The van der Waals surface area contributed by atoms with E-state index < -0.39 is 0 Å². The smallest absolute Gasteiger partial charge is 0.246 e. The lowest BCUT2D eigenvalue weighted by atomic mass is 9.99. The second-order valence-electron chi connectivity index (χ2n) is 5.02. The Kier molecular flexibility index (Phi) is 3.21. The van der Waals surface area contributed by atoms with E-state index in [4.69, 9.17) is 0 Å². The molecule has 1 saturated heterocycles. The largest absolute Gasteiger partial charge is 0.344 e. The van der Waals surface area contributed by atoms with Gasteiger partial charge in [0.2, 0.25) is 11.8 Å². The number of carbonyl (C=O) groups excluding carboxylic acids is 2. The molecule has 0 spiro atoms. The maximum atomic E-state index is 12.1. The molecule has 0 radical (unpaired) electrons. The first-order valence-corrected chi connectivity index (χ1v) is 6.66. The van der Waals surface area contributed by atoms with E-state index in [1.807, 2.05) is 12.1 Å². The Hall–Kier alpha value is -1.88. The number of benzene rings is 1. The van der Waals surface area contributed by atoms with E-state index in [0.29, 0.717) is 12.8 Å². The fraction of sp³-hybridized carbons (Fsp3) is 0.429. The summed E-state index contributed by atoms with van der Waals surface area (Å²) in [5.41, 5.74) is 3.30. The second kappa shape index (κ2) is 5.01. The zero-order chi connectivity index (χ0) is 13.2. The van der Waals surface area contributed by atoms with E-state index >= 15 is 0 Å². The molecule has 0 aliphatic carbocycles. The van der Waals surface area contributed by atoms with Crippen LogP contribution < -0.4 is 16.0 Å². The summed E-state index contributed by atoms with van der Waals surface area (Å²) in [5.74, 6) is -0.165. The molecule has 3 N–H and O–H groups in total. The van der Waals surface area contributed by atoms with Crippen molar-refractivity contribution in [3.8, 4) is 0 Å². The summed E-state index contributed by atoms with van der Waals surface area (Å²) in [6, 6.07) is 5.59. The Morgan fingerprint density at radius 1 is 1.32 bits per heavy atom. The monoisotopic (exact) mass is 259 g/mol. The highest BCUT2D eigenvalue weighted by Crippen LogP contribution is 2.23. The van der Waals surface area contributed by atoms with Crippen molar-refractivity contribution < 1.29 is 9.59 Å². The molecule has 0 unspecified atom stereocenters. The highest BCUT2D eigenvalue weighted by molar-refractivity contribution is 5.99. The van der Waals surface area contributed by atoms with E-state index in [0.717, 1.165) is 30.8 Å². The van der Waals surface area contributed by atoms with Crippen LogP contribution in [0.25, 0.3) is 0 Å². The van der Waals surface area contributed by atoms with Gasteiger partial charge in [0.25, 0.3) is 0 Å². The molecule has 1 aromatic carbocycles. The van der Waals surface area contributed by atoms with Gasteiger partial charge in [-0.3, -0.25) is 9.59 Å². The van der Waals surface area contributed by atoms with Gasteiger partial charge in [0.15, 0.2) is 0 Å². The minimum absolute atomic E-state index is 0.0445. The van der Waals surface area contributed by atoms with Crippen LogP contribution in [0.2, 0.25) is 0 Å². The lowest BCUT2D eigenvalue weighted by Gasteiger charge is -2.21. The Balaban J connectivity index is 1.76. The molecule has 0 saturated carbocycles. The molecule has 0 bridgehead atoms. The van der Waals surface area contributed by atoms with E-state index in [2.05, 4.69) is 22.0 Å². The minimum Gasteiger partial charge on any atom is -0.344 e. The maximum Gasteiger partial charge on any atom is 0.246 e. The predicted octanol–water partition coefficient (Wildman–Crippen LogP) is 0.549. The summed E-state index contributed by atoms with van der Waals surface area (Å²) in [6.07, 6.45) is 2.00. The first kappa shape index (κ1) is 12.2. The second-order valence-corrected chi connectivity index (χ2v) is 5.02.